The lowest BCUT2D eigenvalue weighted by atomic mass is 9.89. The average Bonchev–Trinajstić information content (AvgIpc) is 2.97. The van der Waals surface area contributed by atoms with E-state index in [1.807, 2.05) is 19.1 Å². The van der Waals surface area contributed by atoms with Crippen molar-refractivity contribution < 1.29 is 8.42 Å². The summed E-state index contributed by atoms with van der Waals surface area (Å²) < 4.78 is 23.4. The van der Waals surface area contributed by atoms with Crippen LogP contribution in [0, 0.1) is 0 Å². The van der Waals surface area contributed by atoms with E-state index in [0.717, 1.165) is 18.4 Å². The fourth-order valence-corrected chi connectivity index (χ4v) is 3.30. The van der Waals surface area contributed by atoms with E-state index in [-0.39, 0.29) is 11.5 Å². The molecule has 1 unspecified atom stereocenters. The molecule has 0 heterocycles. The van der Waals surface area contributed by atoms with Crippen molar-refractivity contribution in [3.05, 3.63) is 29.8 Å². The first-order valence-electron chi connectivity index (χ1n) is 5.43. The number of hydrogen-bond acceptors (Lipinski definition) is 3. The van der Waals surface area contributed by atoms with E-state index in [2.05, 4.69) is 0 Å². The van der Waals surface area contributed by atoms with Crippen LogP contribution < -0.4 is 5.73 Å². The van der Waals surface area contributed by atoms with Crippen molar-refractivity contribution in [2.75, 3.05) is 6.26 Å². The molecule has 1 fully saturated rings. The van der Waals surface area contributed by atoms with E-state index >= 15 is 0 Å². The summed E-state index contributed by atoms with van der Waals surface area (Å²) in [6.45, 7) is 1.95. The summed E-state index contributed by atoms with van der Waals surface area (Å²) in [7, 11) is -3.17. The zero-order chi connectivity index (χ0) is 12.0. The largest absolute Gasteiger partial charge is 0.327 e. The molecule has 88 valence electrons. The van der Waals surface area contributed by atoms with Crippen molar-refractivity contribution in [2.45, 2.75) is 36.1 Å². The molecule has 0 amide bonds. The summed E-state index contributed by atoms with van der Waals surface area (Å²) in [6.07, 6.45) is 3.22. The van der Waals surface area contributed by atoms with Gasteiger partial charge in [-0.1, -0.05) is 18.2 Å². The van der Waals surface area contributed by atoms with Crippen molar-refractivity contribution in [3.63, 3.8) is 0 Å². The van der Waals surface area contributed by atoms with Crippen molar-refractivity contribution in [3.8, 4) is 0 Å². The second-order valence-corrected chi connectivity index (χ2v) is 6.70. The fraction of sp³-hybridized carbons (Fsp3) is 0.500. The smallest absolute Gasteiger partial charge is 0.175 e. The molecule has 1 aliphatic carbocycles. The molecule has 0 saturated heterocycles. The van der Waals surface area contributed by atoms with Gasteiger partial charge in [-0.15, -0.1) is 0 Å². The van der Waals surface area contributed by atoms with Crippen LogP contribution in [-0.2, 0) is 15.3 Å². The predicted octanol–water partition coefficient (Wildman–Crippen LogP) is 1.47. The Bertz CT molecular complexity index is 502. The van der Waals surface area contributed by atoms with Gasteiger partial charge in [-0.2, -0.15) is 0 Å². The van der Waals surface area contributed by atoms with Crippen LogP contribution in [0.4, 0.5) is 0 Å². The van der Waals surface area contributed by atoms with Crippen LogP contribution >= 0.6 is 0 Å². The van der Waals surface area contributed by atoms with Gasteiger partial charge in [0.15, 0.2) is 9.84 Å². The second kappa shape index (κ2) is 3.57. The number of sulfone groups is 1. The van der Waals surface area contributed by atoms with Crippen LogP contribution in [-0.4, -0.2) is 20.7 Å². The van der Waals surface area contributed by atoms with Gasteiger partial charge in [-0.3, -0.25) is 0 Å². The molecule has 0 aliphatic heterocycles. The SMILES string of the molecule is CC(N)C1(c2ccccc2S(C)(=O)=O)CC1. The Morgan fingerprint density at radius 1 is 1.31 bits per heavy atom. The van der Waals surface area contributed by atoms with Gasteiger partial charge in [-0.25, -0.2) is 8.42 Å². The standard InChI is InChI=1S/C12H17NO2S/c1-9(13)12(7-8-12)10-5-3-4-6-11(10)16(2,14)15/h3-6,9H,7-8,13H2,1-2H3. The van der Waals surface area contributed by atoms with Gasteiger partial charge in [0, 0.05) is 17.7 Å². The topological polar surface area (TPSA) is 60.2 Å². The highest BCUT2D eigenvalue weighted by atomic mass is 32.2. The van der Waals surface area contributed by atoms with Gasteiger partial charge < -0.3 is 5.73 Å². The molecule has 1 aromatic rings. The van der Waals surface area contributed by atoms with Crippen molar-refractivity contribution >= 4 is 9.84 Å². The van der Waals surface area contributed by atoms with Crippen LogP contribution in [0.5, 0.6) is 0 Å². The van der Waals surface area contributed by atoms with E-state index in [1.54, 1.807) is 12.1 Å². The third-order valence-electron chi connectivity index (χ3n) is 3.48. The van der Waals surface area contributed by atoms with Crippen LogP contribution in [0.15, 0.2) is 29.2 Å². The maximum absolute atomic E-state index is 11.7. The summed E-state index contributed by atoms with van der Waals surface area (Å²) >= 11 is 0. The summed E-state index contributed by atoms with van der Waals surface area (Å²) in [5, 5.41) is 0. The molecule has 2 rings (SSSR count). The van der Waals surface area contributed by atoms with Crippen LogP contribution in [0.1, 0.15) is 25.3 Å². The molecular formula is C12H17NO2S. The molecule has 3 nitrogen and oxygen atoms in total. The van der Waals surface area contributed by atoms with Gasteiger partial charge in [0.05, 0.1) is 4.90 Å². The van der Waals surface area contributed by atoms with Crippen LogP contribution in [0.2, 0.25) is 0 Å². The summed E-state index contributed by atoms with van der Waals surface area (Å²) in [5.74, 6) is 0. The Balaban J connectivity index is 2.59. The van der Waals surface area contributed by atoms with E-state index in [0.29, 0.717) is 4.90 Å². The lowest BCUT2D eigenvalue weighted by molar-refractivity contribution is 0.542. The zero-order valence-corrected chi connectivity index (χ0v) is 10.4. The van der Waals surface area contributed by atoms with Gasteiger partial charge >= 0.3 is 0 Å². The quantitative estimate of drug-likeness (QED) is 0.869. The van der Waals surface area contributed by atoms with Gasteiger partial charge in [0.1, 0.15) is 0 Å². The number of rotatable bonds is 3. The second-order valence-electron chi connectivity index (χ2n) is 4.71. The molecule has 2 N–H and O–H groups in total. The van der Waals surface area contributed by atoms with Crippen LogP contribution in [0.25, 0.3) is 0 Å². The highest BCUT2D eigenvalue weighted by Crippen LogP contribution is 2.51. The van der Waals surface area contributed by atoms with Crippen molar-refractivity contribution in [1.29, 1.82) is 0 Å². The van der Waals surface area contributed by atoms with Gasteiger partial charge in [0.2, 0.25) is 0 Å². The minimum Gasteiger partial charge on any atom is -0.327 e. The minimum atomic E-state index is -3.17. The lowest BCUT2D eigenvalue weighted by Crippen LogP contribution is -2.32. The number of nitrogens with two attached hydrogens (primary N) is 1. The molecule has 1 aliphatic rings. The molecule has 1 atom stereocenters. The molecule has 16 heavy (non-hydrogen) atoms. The summed E-state index contributed by atoms with van der Waals surface area (Å²) in [6, 6.07) is 7.21. The Hall–Kier alpha value is -0.870. The monoisotopic (exact) mass is 239 g/mol. The Morgan fingerprint density at radius 2 is 1.88 bits per heavy atom. The molecule has 0 spiro atoms. The lowest BCUT2D eigenvalue weighted by Gasteiger charge is -2.22. The minimum absolute atomic E-state index is 0.00426. The maximum Gasteiger partial charge on any atom is 0.175 e. The zero-order valence-electron chi connectivity index (χ0n) is 9.60. The molecular weight excluding hydrogens is 222 g/mol. The molecule has 0 bridgehead atoms. The van der Waals surface area contributed by atoms with E-state index in [9.17, 15) is 8.42 Å². The first kappa shape index (κ1) is 11.6. The van der Waals surface area contributed by atoms with E-state index in [1.165, 1.54) is 6.26 Å². The molecule has 4 heteroatoms. The van der Waals surface area contributed by atoms with Gasteiger partial charge in [-0.05, 0) is 31.4 Å². The molecule has 1 saturated carbocycles. The maximum atomic E-state index is 11.7. The molecule has 0 aromatic heterocycles. The highest BCUT2D eigenvalue weighted by molar-refractivity contribution is 7.90. The molecule has 0 radical (unpaired) electrons. The average molecular weight is 239 g/mol. The first-order valence-corrected chi connectivity index (χ1v) is 7.32. The Morgan fingerprint density at radius 3 is 2.31 bits per heavy atom. The molecule has 1 aromatic carbocycles. The number of hydrogen-bond donors (Lipinski definition) is 1. The summed E-state index contributed by atoms with van der Waals surface area (Å²) in [4.78, 5) is 0.435. The highest BCUT2D eigenvalue weighted by Gasteiger charge is 2.49. The number of benzene rings is 1. The third kappa shape index (κ3) is 1.76. The van der Waals surface area contributed by atoms with Crippen LogP contribution in [0.3, 0.4) is 0 Å². The van der Waals surface area contributed by atoms with E-state index < -0.39 is 9.84 Å². The Labute approximate surface area is 96.6 Å². The van der Waals surface area contributed by atoms with Crippen molar-refractivity contribution in [2.24, 2.45) is 5.73 Å². The predicted molar refractivity (Wildman–Crippen MR) is 64.1 cm³/mol. The fourth-order valence-electron chi connectivity index (χ4n) is 2.31. The summed E-state index contributed by atoms with van der Waals surface area (Å²) in [5.41, 5.74) is 6.77. The first-order chi connectivity index (χ1) is 7.38. The Kier molecular flexibility index (Phi) is 2.59. The van der Waals surface area contributed by atoms with Crippen molar-refractivity contribution in [1.82, 2.24) is 0 Å². The normalized spacial score (nSPS) is 20.4. The van der Waals surface area contributed by atoms with E-state index in [4.69, 9.17) is 5.73 Å². The third-order valence-corrected chi connectivity index (χ3v) is 4.64. The van der Waals surface area contributed by atoms with Gasteiger partial charge in [0.25, 0.3) is 0 Å².